The van der Waals surface area contributed by atoms with Crippen LogP contribution in [0.3, 0.4) is 0 Å². The Morgan fingerprint density at radius 3 is 1.94 bits per heavy atom. The van der Waals surface area contributed by atoms with Crippen LogP contribution in [-0.2, 0) is 16.1 Å². The molecular formula is C25H25NO5. The van der Waals surface area contributed by atoms with Gasteiger partial charge in [0.15, 0.2) is 0 Å². The van der Waals surface area contributed by atoms with Crippen molar-refractivity contribution in [2.75, 3.05) is 14.2 Å². The zero-order valence-corrected chi connectivity index (χ0v) is 18.3. The number of aromatic nitrogens is 1. The summed E-state index contributed by atoms with van der Waals surface area (Å²) in [6.45, 7) is 5.90. The van der Waals surface area contributed by atoms with Crippen molar-refractivity contribution in [3.8, 4) is 16.9 Å². The molecule has 0 aliphatic rings. The van der Waals surface area contributed by atoms with Crippen molar-refractivity contribution in [3.05, 3.63) is 82.2 Å². The molecule has 160 valence electrons. The molecule has 3 rings (SSSR count). The number of carbonyl (C=O) groups excluding carboxylic acids is 2. The Morgan fingerprint density at radius 2 is 1.42 bits per heavy atom. The average molecular weight is 419 g/mol. The summed E-state index contributed by atoms with van der Waals surface area (Å²) in [6.07, 6.45) is 0. The molecule has 31 heavy (non-hydrogen) atoms. The Morgan fingerprint density at radius 1 is 0.839 bits per heavy atom. The number of esters is 2. The van der Waals surface area contributed by atoms with Gasteiger partial charge < -0.3 is 14.2 Å². The first-order valence-corrected chi connectivity index (χ1v) is 9.82. The van der Waals surface area contributed by atoms with Crippen LogP contribution in [0.4, 0.5) is 0 Å². The maximum Gasteiger partial charge on any atom is 0.340 e. The van der Waals surface area contributed by atoms with Crippen LogP contribution in [0.5, 0.6) is 5.75 Å². The summed E-state index contributed by atoms with van der Waals surface area (Å²) < 4.78 is 15.8. The molecule has 0 saturated carbocycles. The van der Waals surface area contributed by atoms with Gasteiger partial charge in [0.25, 0.3) is 0 Å². The molecule has 0 N–H and O–H groups in total. The molecule has 0 bridgehead atoms. The number of aryl methyl sites for hydroxylation is 3. The van der Waals surface area contributed by atoms with Crippen LogP contribution < -0.4 is 4.74 Å². The summed E-state index contributed by atoms with van der Waals surface area (Å²) in [5.74, 6) is -0.457. The fraction of sp³-hybridized carbons (Fsp3) is 0.240. The quantitative estimate of drug-likeness (QED) is 0.533. The van der Waals surface area contributed by atoms with E-state index < -0.39 is 11.9 Å². The van der Waals surface area contributed by atoms with Crippen molar-refractivity contribution in [2.24, 2.45) is 0 Å². The second-order valence-corrected chi connectivity index (χ2v) is 7.19. The minimum atomic E-state index is -0.565. The zero-order chi connectivity index (χ0) is 22.5. The maximum atomic E-state index is 12.5. The molecule has 3 aromatic rings. The maximum absolute atomic E-state index is 12.5. The first-order valence-electron chi connectivity index (χ1n) is 9.82. The van der Waals surface area contributed by atoms with Gasteiger partial charge >= 0.3 is 11.9 Å². The highest BCUT2D eigenvalue weighted by Crippen LogP contribution is 2.33. The third-order valence-electron chi connectivity index (χ3n) is 4.97. The molecule has 6 nitrogen and oxygen atoms in total. The molecule has 0 saturated heterocycles. The van der Waals surface area contributed by atoms with Gasteiger partial charge in [-0.05, 0) is 44.0 Å². The van der Waals surface area contributed by atoms with Crippen LogP contribution in [0.1, 0.15) is 43.2 Å². The summed E-state index contributed by atoms with van der Waals surface area (Å²) in [6, 6.07) is 15.3. The minimum Gasteiger partial charge on any atom is -0.489 e. The Hall–Kier alpha value is -3.67. The number of pyridine rings is 1. The highest BCUT2D eigenvalue weighted by Gasteiger charge is 2.27. The Labute approximate surface area is 181 Å². The van der Waals surface area contributed by atoms with Crippen molar-refractivity contribution in [1.82, 2.24) is 4.98 Å². The van der Waals surface area contributed by atoms with E-state index in [1.54, 1.807) is 38.1 Å². The van der Waals surface area contributed by atoms with Crippen LogP contribution >= 0.6 is 0 Å². The fourth-order valence-electron chi connectivity index (χ4n) is 3.53. The van der Waals surface area contributed by atoms with Gasteiger partial charge in [-0.1, -0.05) is 42.0 Å². The van der Waals surface area contributed by atoms with Crippen molar-refractivity contribution < 1.29 is 23.8 Å². The number of benzene rings is 2. The number of rotatable bonds is 6. The summed E-state index contributed by atoms with van der Waals surface area (Å²) in [5, 5.41) is 0. The number of carbonyl (C=O) groups is 2. The summed E-state index contributed by atoms with van der Waals surface area (Å²) >= 11 is 0. The first-order chi connectivity index (χ1) is 14.8. The topological polar surface area (TPSA) is 74.7 Å². The SMILES string of the molecule is COC(=O)c1c(C)nc(C)c(C(=O)OC)c1-c1ccc(OCc2cccc(C)c2)cc1. The van der Waals surface area contributed by atoms with Gasteiger partial charge in [0.05, 0.1) is 36.7 Å². The van der Waals surface area contributed by atoms with E-state index in [-0.39, 0.29) is 11.1 Å². The largest absolute Gasteiger partial charge is 0.489 e. The lowest BCUT2D eigenvalue weighted by molar-refractivity contribution is 0.0599. The molecule has 0 amide bonds. The molecule has 2 aromatic carbocycles. The standard InChI is InChI=1S/C25H25NO5/c1-15-7-6-8-18(13-15)14-31-20-11-9-19(10-12-20)23-21(24(27)29-4)16(2)26-17(3)22(23)25(28)30-5/h6-13H,14H2,1-5H3. The number of methoxy groups -OCH3 is 2. The summed E-state index contributed by atoms with van der Waals surface area (Å²) in [7, 11) is 2.59. The van der Waals surface area contributed by atoms with Crippen molar-refractivity contribution >= 4 is 11.9 Å². The highest BCUT2D eigenvalue weighted by molar-refractivity contribution is 6.07. The molecule has 6 heteroatoms. The number of hydrogen-bond acceptors (Lipinski definition) is 6. The molecule has 0 atom stereocenters. The molecule has 1 heterocycles. The highest BCUT2D eigenvalue weighted by atomic mass is 16.5. The predicted octanol–water partition coefficient (Wildman–Crippen LogP) is 4.83. The number of ether oxygens (including phenoxy) is 3. The molecule has 0 aliphatic heterocycles. The molecule has 0 unspecified atom stereocenters. The lowest BCUT2D eigenvalue weighted by atomic mass is 9.92. The van der Waals surface area contributed by atoms with E-state index in [9.17, 15) is 9.59 Å². The van der Waals surface area contributed by atoms with E-state index in [4.69, 9.17) is 14.2 Å². The third-order valence-corrected chi connectivity index (χ3v) is 4.97. The summed E-state index contributed by atoms with van der Waals surface area (Å²) in [4.78, 5) is 29.4. The second-order valence-electron chi connectivity index (χ2n) is 7.19. The third kappa shape index (κ3) is 4.74. The fourth-order valence-corrected chi connectivity index (χ4v) is 3.53. The van der Waals surface area contributed by atoms with Gasteiger partial charge in [-0.25, -0.2) is 9.59 Å². The molecule has 0 spiro atoms. The van der Waals surface area contributed by atoms with Gasteiger partial charge in [-0.3, -0.25) is 4.98 Å². The van der Waals surface area contributed by atoms with E-state index in [1.807, 2.05) is 25.1 Å². The molecule has 0 aliphatic carbocycles. The van der Waals surface area contributed by atoms with E-state index in [0.717, 1.165) is 5.56 Å². The first kappa shape index (κ1) is 22.0. The van der Waals surface area contributed by atoms with E-state index in [1.165, 1.54) is 19.8 Å². The monoisotopic (exact) mass is 419 g/mol. The molecule has 0 fully saturated rings. The average Bonchev–Trinajstić information content (AvgIpc) is 2.76. The Kier molecular flexibility index (Phi) is 6.70. The zero-order valence-electron chi connectivity index (χ0n) is 18.3. The van der Waals surface area contributed by atoms with Crippen LogP contribution in [0.15, 0.2) is 48.5 Å². The van der Waals surface area contributed by atoms with Gasteiger partial charge in [0.1, 0.15) is 12.4 Å². The number of nitrogens with zero attached hydrogens (tertiary/aromatic N) is 1. The van der Waals surface area contributed by atoms with Crippen molar-refractivity contribution in [2.45, 2.75) is 27.4 Å². The van der Waals surface area contributed by atoms with E-state index >= 15 is 0 Å². The van der Waals surface area contributed by atoms with Crippen LogP contribution in [0.25, 0.3) is 11.1 Å². The van der Waals surface area contributed by atoms with Crippen molar-refractivity contribution in [1.29, 1.82) is 0 Å². The molecule has 1 aromatic heterocycles. The van der Waals surface area contributed by atoms with Crippen molar-refractivity contribution in [3.63, 3.8) is 0 Å². The summed E-state index contributed by atoms with van der Waals surface area (Å²) in [5.41, 5.74) is 4.78. The second kappa shape index (κ2) is 9.43. The van der Waals surface area contributed by atoms with Crippen LogP contribution in [0.2, 0.25) is 0 Å². The van der Waals surface area contributed by atoms with Gasteiger partial charge in [0, 0.05) is 5.56 Å². The molecular weight excluding hydrogens is 394 g/mol. The smallest absolute Gasteiger partial charge is 0.340 e. The minimum absolute atomic E-state index is 0.238. The van der Waals surface area contributed by atoms with Crippen LogP contribution in [0, 0.1) is 20.8 Å². The number of hydrogen-bond donors (Lipinski definition) is 0. The molecule has 0 radical (unpaired) electrons. The Balaban J connectivity index is 2.01. The van der Waals surface area contributed by atoms with E-state index in [0.29, 0.717) is 34.9 Å². The normalized spacial score (nSPS) is 10.5. The van der Waals surface area contributed by atoms with E-state index in [2.05, 4.69) is 11.1 Å². The van der Waals surface area contributed by atoms with Crippen LogP contribution in [-0.4, -0.2) is 31.1 Å². The predicted molar refractivity (Wildman–Crippen MR) is 117 cm³/mol. The van der Waals surface area contributed by atoms with Gasteiger partial charge in [-0.15, -0.1) is 0 Å². The lowest BCUT2D eigenvalue weighted by Gasteiger charge is -2.17. The van der Waals surface area contributed by atoms with Gasteiger partial charge in [-0.2, -0.15) is 0 Å². The Bertz CT molecular complexity index is 1080. The van der Waals surface area contributed by atoms with Gasteiger partial charge in [0.2, 0.25) is 0 Å². The lowest BCUT2D eigenvalue weighted by Crippen LogP contribution is -2.16.